The Morgan fingerprint density at radius 2 is 1.89 bits per heavy atom. The minimum absolute atomic E-state index is 0.0328. The van der Waals surface area contributed by atoms with E-state index < -0.39 is 11.6 Å². The molecular weight excluding hydrogens is 472 g/mol. The van der Waals surface area contributed by atoms with Gasteiger partial charge in [-0.05, 0) is 64.4 Å². The molecule has 1 saturated heterocycles. The topological polar surface area (TPSA) is 70.9 Å². The summed E-state index contributed by atoms with van der Waals surface area (Å²) in [6.07, 6.45) is 2.92. The van der Waals surface area contributed by atoms with Gasteiger partial charge in [0.2, 0.25) is 5.95 Å². The van der Waals surface area contributed by atoms with E-state index in [1.165, 1.54) is 6.07 Å². The number of pyridine rings is 1. The number of rotatable bonds is 6. The van der Waals surface area contributed by atoms with Crippen LogP contribution in [0, 0.1) is 18.6 Å². The number of fused-ring (bicyclic) bond motifs is 1. The van der Waals surface area contributed by atoms with Crippen molar-refractivity contribution >= 4 is 22.7 Å². The summed E-state index contributed by atoms with van der Waals surface area (Å²) in [5, 5.41) is 7.08. The lowest BCUT2D eigenvalue weighted by Gasteiger charge is -2.39. The fourth-order valence-electron chi connectivity index (χ4n) is 5.21. The summed E-state index contributed by atoms with van der Waals surface area (Å²) in [6, 6.07) is 8.93. The lowest BCUT2D eigenvalue weighted by atomic mass is 10.0. The van der Waals surface area contributed by atoms with Crippen molar-refractivity contribution in [3.63, 3.8) is 0 Å². The van der Waals surface area contributed by atoms with Crippen LogP contribution in [-0.4, -0.2) is 49.6 Å². The highest BCUT2D eigenvalue weighted by molar-refractivity contribution is 5.87. The van der Waals surface area contributed by atoms with Crippen LogP contribution in [0.5, 0.6) is 0 Å². The van der Waals surface area contributed by atoms with Crippen LogP contribution in [0.2, 0.25) is 0 Å². The third kappa shape index (κ3) is 5.33. The van der Waals surface area contributed by atoms with Crippen LogP contribution in [-0.2, 0) is 6.54 Å². The van der Waals surface area contributed by atoms with Gasteiger partial charge in [0.1, 0.15) is 17.3 Å². The Balaban J connectivity index is 1.37. The summed E-state index contributed by atoms with van der Waals surface area (Å²) in [6.45, 7) is 14.2. The third-order valence-corrected chi connectivity index (χ3v) is 6.76. The van der Waals surface area contributed by atoms with Crippen molar-refractivity contribution in [1.82, 2.24) is 29.7 Å². The molecule has 4 aromatic rings. The number of benzene rings is 1. The summed E-state index contributed by atoms with van der Waals surface area (Å²) >= 11 is 0. The Bertz CT molecular complexity index is 1430. The van der Waals surface area contributed by atoms with Crippen LogP contribution < -0.4 is 10.6 Å². The lowest BCUT2D eigenvalue weighted by molar-refractivity contribution is 0.148. The average molecular weight is 506 g/mol. The molecule has 0 unspecified atom stereocenters. The van der Waals surface area contributed by atoms with Crippen LogP contribution >= 0.6 is 0 Å². The van der Waals surface area contributed by atoms with Crippen molar-refractivity contribution in [2.75, 3.05) is 25.0 Å². The van der Waals surface area contributed by atoms with Gasteiger partial charge >= 0.3 is 0 Å². The Labute approximate surface area is 216 Å². The first-order valence-electron chi connectivity index (χ1n) is 12.6. The smallest absolute Gasteiger partial charge is 0.229 e. The molecule has 37 heavy (non-hydrogen) atoms. The number of halogens is 2. The van der Waals surface area contributed by atoms with Gasteiger partial charge in [0.25, 0.3) is 0 Å². The van der Waals surface area contributed by atoms with E-state index in [1.807, 2.05) is 49.7 Å². The van der Waals surface area contributed by atoms with Crippen molar-refractivity contribution < 1.29 is 8.78 Å². The molecular formula is C28H33F2N7. The molecule has 1 aromatic carbocycles. The first-order chi connectivity index (χ1) is 17.6. The molecule has 7 nitrogen and oxygen atoms in total. The minimum atomic E-state index is -0.620. The van der Waals surface area contributed by atoms with E-state index in [9.17, 15) is 4.39 Å². The summed E-state index contributed by atoms with van der Waals surface area (Å²) in [5.41, 5.74) is 3.24. The Morgan fingerprint density at radius 1 is 1.08 bits per heavy atom. The Hall–Kier alpha value is -3.43. The SMILES string of the molecule is Cc1cc2c(F)cc(-c3nc(Nc4ccc(CN5CCNC(C)(C)C5)cn4)ncc3F)cc2n1C(C)C. The number of aromatic nitrogens is 4. The van der Waals surface area contributed by atoms with Crippen molar-refractivity contribution in [1.29, 1.82) is 0 Å². The van der Waals surface area contributed by atoms with Gasteiger partial charge in [-0.3, -0.25) is 4.90 Å². The second-order valence-corrected chi connectivity index (χ2v) is 10.7. The first kappa shape index (κ1) is 25.2. The van der Waals surface area contributed by atoms with Crippen LogP contribution in [0.4, 0.5) is 20.5 Å². The molecule has 9 heteroatoms. The molecule has 0 saturated carbocycles. The van der Waals surface area contributed by atoms with Gasteiger partial charge in [-0.25, -0.2) is 23.7 Å². The van der Waals surface area contributed by atoms with Crippen LogP contribution in [0.1, 0.15) is 45.0 Å². The molecule has 1 aliphatic rings. The van der Waals surface area contributed by atoms with Crippen LogP contribution in [0.15, 0.2) is 42.7 Å². The van der Waals surface area contributed by atoms with Gasteiger partial charge in [0.15, 0.2) is 5.82 Å². The van der Waals surface area contributed by atoms with Crippen molar-refractivity contribution in [2.24, 2.45) is 0 Å². The molecule has 0 spiro atoms. The summed E-state index contributed by atoms with van der Waals surface area (Å²) in [4.78, 5) is 15.4. The Kier molecular flexibility index (Phi) is 6.68. The van der Waals surface area contributed by atoms with E-state index in [1.54, 1.807) is 6.07 Å². The van der Waals surface area contributed by atoms with E-state index in [0.29, 0.717) is 22.3 Å². The predicted molar refractivity (Wildman–Crippen MR) is 143 cm³/mol. The second kappa shape index (κ2) is 9.79. The monoisotopic (exact) mass is 505 g/mol. The maximum Gasteiger partial charge on any atom is 0.229 e. The molecule has 0 atom stereocenters. The molecule has 0 bridgehead atoms. The fraction of sp³-hybridized carbons (Fsp3) is 0.393. The largest absolute Gasteiger partial charge is 0.342 e. The molecule has 2 N–H and O–H groups in total. The van der Waals surface area contributed by atoms with E-state index >= 15 is 4.39 Å². The quantitative estimate of drug-likeness (QED) is 0.356. The zero-order valence-electron chi connectivity index (χ0n) is 21.9. The predicted octanol–water partition coefficient (Wildman–Crippen LogP) is 5.59. The maximum atomic E-state index is 15.0. The lowest BCUT2D eigenvalue weighted by Crippen LogP contribution is -2.56. The molecule has 0 amide bonds. The molecule has 1 aliphatic heterocycles. The first-order valence-corrected chi connectivity index (χ1v) is 12.6. The van der Waals surface area contributed by atoms with Crippen molar-refractivity contribution in [3.8, 4) is 11.3 Å². The van der Waals surface area contributed by atoms with Gasteiger partial charge < -0.3 is 15.2 Å². The molecule has 3 aromatic heterocycles. The van der Waals surface area contributed by atoms with Gasteiger partial charge in [-0.15, -0.1) is 0 Å². The number of anilines is 2. The maximum absolute atomic E-state index is 15.0. The second-order valence-electron chi connectivity index (χ2n) is 10.7. The highest BCUT2D eigenvalue weighted by Crippen LogP contribution is 2.32. The molecule has 194 valence electrons. The molecule has 5 rings (SSSR count). The Morgan fingerprint density at radius 3 is 2.59 bits per heavy atom. The van der Waals surface area contributed by atoms with Crippen LogP contribution in [0.25, 0.3) is 22.2 Å². The van der Waals surface area contributed by atoms with Gasteiger partial charge in [-0.2, -0.15) is 0 Å². The number of aryl methyl sites for hydroxylation is 1. The molecule has 1 fully saturated rings. The highest BCUT2D eigenvalue weighted by atomic mass is 19.1. The number of nitrogens with one attached hydrogen (secondary N) is 2. The van der Waals surface area contributed by atoms with E-state index in [2.05, 4.69) is 44.3 Å². The van der Waals surface area contributed by atoms with E-state index in [-0.39, 0.29) is 23.2 Å². The average Bonchev–Trinajstić information content (AvgIpc) is 3.17. The highest BCUT2D eigenvalue weighted by Gasteiger charge is 2.25. The normalized spacial score (nSPS) is 16.0. The zero-order valence-corrected chi connectivity index (χ0v) is 21.9. The number of hydrogen-bond acceptors (Lipinski definition) is 6. The standard InChI is InChI=1S/C28H33F2N7/c1-17(2)37-18(3)10-21-22(29)11-20(12-24(21)37)26-23(30)14-32-27(35-26)34-25-7-6-19(13-31-25)15-36-9-8-33-28(4,5)16-36/h6-7,10-14,17,33H,8-9,15-16H2,1-5H3,(H,31,32,34,35). The molecule has 4 heterocycles. The van der Waals surface area contributed by atoms with Crippen LogP contribution in [0.3, 0.4) is 0 Å². The zero-order chi connectivity index (χ0) is 26.3. The fourth-order valence-corrected chi connectivity index (χ4v) is 5.21. The third-order valence-electron chi connectivity index (χ3n) is 6.76. The number of hydrogen-bond donors (Lipinski definition) is 2. The van der Waals surface area contributed by atoms with Gasteiger partial charge in [0.05, 0.1) is 11.7 Å². The summed E-state index contributed by atoms with van der Waals surface area (Å²) in [5.74, 6) is -0.289. The number of nitrogens with zero attached hydrogens (tertiary/aromatic N) is 5. The summed E-state index contributed by atoms with van der Waals surface area (Å²) < 4.78 is 31.9. The van der Waals surface area contributed by atoms with Gasteiger partial charge in [-0.1, -0.05) is 6.07 Å². The van der Waals surface area contributed by atoms with Crippen molar-refractivity contribution in [2.45, 2.75) is 52.7 Å². The molecule has 0 radical (unpaired) electrons. The van der Waals surface area contributed by atoms with E-state index in [4.69, 9.17) is 0 Å². The van der Waals surface area contributed by atoms with E-state index in [0.717, 1.165) is 43.6 Å². The number of piperazine rings is 1. The minimum Gasteiger partial charge on any atom is -0.342 e. The van der Waals surface area contributed by atoms with Gasteiger partial charge in [0, 0.05) is 60.6 Å². The summed E-state index contributed by atoms with van der Waals surface area (Å²) in [7, 11) is 0. The molecule has 0 aliphatic carbocycles. The van der Waals surface area contributed by atoms with Crippen molar-refractivity contribution in [3.05, 3.63) is 65.6 Å².